The van der Waals surface area contributed by atoms with Gasteiger partial charge in [-0.3, -0.25) is 0 Å². The molecule has 5 nitrogen and oxygen atoms in total. The molecule has 1 unspecified atom stereocenters. The number of ether oxygens (including phenoxy) is 1. The smallest absolute Gasteiger partial charge is 0.410 e. The molecule has 0 spiro atoms. The van der Waals surface area contributed by atoms with Crippen LogP contribution < -0.4 is 5.32 Å². The summed E-state index contributed by atoms with van der Waals surface area (Å²) < 4.78 is 5.43. The fourth-order valence-corrected chi connectivity index (χ4v) is 2.41. The van der Waals surface area contributed by atoms with E-state index in [9.17, 15) is 9.90 Å². The molecular weight excluding hydrogens is 280 g/mol. The first-order chi connectivity index (χ1) is 10.0. The molecule has 130 valence electrons. The molecule has 2 N–H and O–H groups in total. The summed E-state index contributed by atoms with van der Waals surface area (Å²) in [5, 5.41) is 13.1. The van der Waals surface area contributed by atoms with Gasteiger partial charge in [0.1, 0.15) is 5.60 Å². The summed E-state index contributed by atoms with van der Waals surface area (Å²) in [6.07, 6.45) is 2.52. The highest BCUT2D eigenvalue weighted by atomic mass is 16.6. The number of amides is 1. The van der Waals surface area contributed by atoms with E-state index in [-0.39, 0.29) is 23.7 Å². The first-order valence-electron chi connectivity index (χ1n) is 8.36. The van der Waals surface area contributed by atoms with E-state index in [4.69, 9.17) is 4.74 Å². The van der Waals surface area contributed by atoms with Crippen LogP contribution in [0.25, 0.3) is 0 Å². The second kappa shape index (κ2) is 7.18. The Morgan fingerprint density at radius 2 is 1.82 bits per heavy atom. The lowest BCUT2D eigenvalue weighted by atomic mass is 9.84. The maximum Gasteiger partial charge on any atom is 0.410 e. The molecule has 1 aliphatic heterocycles. The van der Waals surface area contributed by atoms with Crippen LogP contribution in [0.4, 0.5) is 4.79 Å². The third-order valence-corrected chi connectivity index (χ3v) is 4.70. The van der Waals surface area contributed by atoms with Gasteiger partial charge in [-0.05, 0) is 47.0 Å². The number of hydrogen-bond donors (Lipinski definition) is 2. The summed E-state index contributed by atoms with van der Waals surface area (Å²) >= 11 is 0. The zero-order chi connectivity index (χ0) is 17.0. The predicted molar refractivity (Wildman–Crippen MR) is 88.9 cm³/mol. The highest BCUT2D eigenvalue weighted by molar-refractivity contribution is 5.68. The van der Waals surface area contributed by atoms with Gasteiger partial charge in [0.15, 0.2) is 0 Å². The molecule has 0 aliphatic carbocycles. The molecule has 1 aliphatic rings. The van der Waals surface area contributed by atoms with Crippen LogP contribution in [0.2, 0.25) is 0 Å². The predicted octanol–water partition coefficient (Wildman–Crippen LogP) is 2.77. The van der Waals surface area contributed by atoms with Crippen molar-refractivity contribution >= 4 is 6.09 Å². The minimum absolute atomic E-state index is 0.0180. The van der Waals surface area contributed by atoms with E-state index in [2.05, 4.69) is 26.1 Å². The van der Waals surface area contributed by atoms with Crippen LogP contribution in [-0.4, -0.2) is 53.5 Å². The Morgan fingerprint density at radius 1 is 1.27 bits per heavy atom. The van der Waals surface area contributed by atoms with Crippen molar-refractivity contribution in [3.05, 3.63) is 0 Å². The van der Waals surface area contributed by atoms with Crippen molar-refractivity contribution in [3.63, 3.8) is 0 Å². The average Bonchev–Trinajstić information content (AvgIpc) is 2.44. The Bertz CT molecular complexity index is 365. The molecule has 1 saturated heterocycles. The van der Waals surface area contributed by atoms with E-state index in [1.165, 1.54) is 0 Å². The molecule has 5 heteroatoms. The summed E-state index contributed by atoms with van der Waals surface area (Å²) in [7, 11) is 0. The largest absolute Gasteiger partial charge is 0.444 e. The minimum atomic E-state index is -0.444. The minimum Gasteiger partial charge on any atom is -0.444 e. The van der Waals surface area contributed by atoms with Crippen LogP contribution in [0.5, 0.6) is 0 Å². The number of hydrogen-bond acceptors (Lipinski definition) is 4. The van der Waals surface area contributed by atoms with E-state index in [1.807, 2.05) is 20.8 Å². The number of likely N-dealkylation sites (tertiary alicyclic amines) is 1. The van der Waals surface area contributed by atoms with Crippen molar-refractivity contribution in [2.24, 2.45) is 5.41 Å². The van der Waals surface area contributed by atoms with Gasteiger partial charge in [-0.15, -0.1) is 0 Å². The SMILES string of the molecule is CCC(C)(CO)CNC1(C)CCN(C(=O)OC(C)(C)C)CC1. The van der Waals surface area contributed by atoms with E-state index < -0.39 is 5.60 Å². The number of aliphatic hydroxyl groups is 1. The zero-order valence-corrected chi connectivity index (χ0v) is 15.2. The summed E-state index contributed by atoms with van der Waals surface area (Å²) in [5.41, 5.74) is -0.504. The normalized spacial score (nSPS) is 21.3. The average molecular weight is 314 g/mol. The van der Waals surface area contributed by atoms with Gasteiger partial charge in [0, 0.05) is 37.2 Å². The van der Waals surface area contributed by atoms with Crippen molar-refractivity contribution in [3.8, 4) is 0 Å². The number of aliphatic hydroxyl groups excluding tert-OH is 1. The molecule has 0 saturated carbocycles. The van der Waals surface area contributed by atoms with Crippen molar-refractivity contribution < 1.29 is 14.6 Å². The zero-order valence-electron chi connectivity index (χ0n) is 15.2. The summed E-state index contributed by atoms with van der Waals surface area (Å²) in [5.74, 6) is 0. The van der Waals surface area contributed by atoms with Crippen LogP contribution in [-0.2, 0) is 4.74 Å². The van der Waals surface area contributed by atoms with Crippen LogP contribution in [0.3, 0.4) is 0 Å². The van der Waals surface area contributed by atoms with Crippen molar-refractivity contribution in [1.82, 2.24) is 10.2 Å². The third-order valence-electron chi connectivity index (χ3n) is 4.70. The second-order valence-corrected chi connectivity index (χ2v) is 8.20. The number of rotatable bonds is 5. The summed E-state index contributed by atoms with van der Waals surface area (Å²) in [6, 6.07) is 0. The first kappa shape index (κ1) is 19.2. The number of carbonyl (C=O) groups is 1. The molecule has 0 aromatic heterocycles. The summed E-state index contributed by atoms with van der Waals surface area (Å²) in [6.45, 7) is 14.5. The number of nitrogens with one attached hydrogen (secondary N) is 1. The lowest BCUT2D eigenvalue weighted by Gasteiger charge is -2.42. The second-order valence-electron chi connectivity index (χ2n) is 8.20. The van der Waals surface area contributed by atoms with Crippen molar-refractivity contribution in [2.75, 3.05) is 26.2 Å². The third kappa shape index (κ3) is 5.76. The van der Waals surface area contributed by atoms with Gasteiger partial charge >= 0.3 is 6.09 Å². The van der Waals surface area contributed by atoms with Crippen LogP contribution >= 0.6 is 0 Å². The van der Waals surface area contributed by atoms with Crippen molar-refractivity contribution in [2.45, 2.75) is 71.9 Å². The topological polar surface area (TPSA) is 61.8 Å². The van der Waals surface area contributed by atoms with E-state index >= 15 is 0 Å². The standard InChI is InChI=1S/C17H34N2O3/c1-7-16(5,13-20)12-18-17(6)8-10-19(11-9-17)14(21)22-15(2,3)4/h18,20H,7-13H2,1-6H3. The van der Waals surface area contributed by atoms with Crippen molar-refractivity contribution in [1.29, 1.82) is 0 Å². The monoisotopic (exact) mass is 314 g/mol. The Kier molecular flexibility index (Phi) is 6.27. The quantitative estimate of drug-likeness (QED) is 0.819. The number of piperidine rings is 1. The molecule has 1 fully saturated rings. The molecule has 0 radical (unpaired) electrons. The van der Waals surface area contributed by atoms with Gasteiger partial charge < -0.3 is 20.1 Å². The van der Waals surface area contributed by atoms with Crippen LogP contribution in [0, 0.1) is 5.41 Å². The fourth-order valence-electron chi connectivity index (χ4n) is 2.41. The Hall–Kier alpha value is -0.810. The highest BCUT2D eigenvalue weighted by Gasteiger charge is 2.34. The molecular formula is C17H34N2O3. The van der Waals surface area contributed by atoms with Gasteiger partial charge in [0.25, 0.3) is 0 Å². The van der Waals surface area contributed by atoms with E-state index in [1.54, 1.807) is 4.90 Å². The molecule has 1 heterocycles. The summed E-state index contributed by atoms with van der Waals surface area (Å²) in [4.78, 5) is 13.9. The fraction of sp³-hybridized carbons (Fsp3) is 0.941. The maximum absolute atomic E-state index is 12.1. The Balaban J connectivity index is 2.48. The molecule has 0 aromatic carbocycles. The molecule has 1 rings (SSSR count). The van der Waals surface area contributed by atoms with Crippen LogP contribution in [0.1, 0.15) is 60.8 Å². The molecule has 22 heavy (non-hydrogen) atoms. The van der Waals surface area contributed by atoms with Gasteiger partial charge in [-0.25, -0.2) is 4.79 Å². The van der Waals surface area contributed by atoms with Gasteiger partial charge in [-0.2, -0.15) is 0 Å². The Labute approximate surface area is 135 Å². The van der Waals surface area contributed by atoms with Crippen LogP contribution in [0.15, 0.2) is 0 Å². The maximum atomic E-state index is 12.1. The molecule has 1 amide bonds. The molecule has 0 bridgehead atoms. The lowest BCUT2D eigenvalue weighted by molar-refractivity contribution is 0.0146. The highest BCUT2D eigenvalue weighted by Crippen LogP contribution is 2.26. The molecule has 1 atom stereocenters. The Morgan fingerprint density at radius 3 is 2.23 bits per heavy atom. The first-order valence-corrected chi connectivity index (χ1v) is 8.36. The van der Waals surface area contributed by atoms with Gasteiger partial charge in [0.05, 0.1) is 0 Å². The number of carbonyl (C=O) groups excluding carboxylic acids is 1. The van der Waals surface area contributed by atoms with E-state index in [0.717, 1.165) is 25.8 Å². The molecule has 0 aromatic rings. The van der Waals surface area contributed by atoms with Gasteiger partial charge in [0.2, 0.25) is 0 Å². The number of nitrogens with zero attached hydrogens (tertiary/aromatic N) is 1. The lowest BCUT2D eigenvalue weighted by Crippen LogP contribution is -2.55. The van der Waals surface area contributed by atoms with Gasteiger partial charge in [-0.1, -0.05) is 13.8 Å². The van der Waals surface area contributed by atoms with E-state index in [0.29, 0.717) is 13.1 Å².